The van der Waals surface area contributed by atoms with Crippen molar-refractivity contribution in [3.8, 4) is 0 Å². The van der Waals surface area contributed by atoms with Crippen LogP contribution in [0.15, 0.2) is 24.5 Å². The number of hydrogen-bond acceptors (Lipinski definition) is 1. The van der Waals surface area contributed by atoms with Crippen LogP contribution < -0.4 is 0 Å². The summed E-state index contributed by atoms with van der Waals surface area (Å²) in [7, 11) is 0. The summed E-state index contributed by atoms with van der Waals surface area (Å²) >= 11 is 0. The fraction of sp³-hybridized carbons (Fsp3) is 0.636. The summed E-state index contributed by atoms with van der Waals surface area (Å²) in [5.74, 6) is 0.323. The molecule has 0 unspecified atom stereocenters. The predicted octanol–water partition coefficient (Wildman–Crippen LogP) is 3.97. The van der Waals surface area contributed by atoms with Crippen molar-refractivity contribution in [2.75, 3.05) is 0 Å². The van der Waals surface area contributed by atoms with Crippen LogP contribution in [0.25, 0.3) is 0 Å². The Morgan fingerprint density at radius 2 is 1.92 bits per heavy atom. The van der Waals surface area contributed by atoms with Crippen LogP contribution >= 0.6 is 0 Å². The van der Waals surface area contributed by atoms with Gasteiger partial charge in [-0.1, -0.05) is 31.6 Å². The lowest BCUT2D eigenvalue weighted by Gasteiger charge is -1.98. The maximum absolute atomic E-state index is 8.79. The molecule has 0 aromatic carbocycles. The number of unbranched alkanes of at least 4 members (excludes halogenated alkanes) is 4. The second kappa shape index (κ2) is 8.38. The number of allylic oxidation sites excluding steroid dienone is 3. The van der Waals surface area contributed by atoms with Crippen LogP contribution in [0.2, 0.25) is 0 Å². The second-order valence-electron chi connectivity index (χ2n) is 3.09. The summed E-state index contributed by atoms with van der Waals surface area (Å²) in [6, 6.07) is 0. The van der Waals surface area contributed by atoms with Crippen molar-refractivity contribution in [1.82, 2.24) is 0 Å². The number of hydrogen-bond donors (Lipinski definition) is 1. The molecule has 0 fully saturated rings. The van der Waals surface area contributed by atoms with E-state index in [-0.39, 0.29) is 0 Å². The van der Waals surface area contributed by atoms with E-state index in [0.717, 1.165) is 12.8 Å². The van der Waals surface area contributed by atoms with Crippen molar-refractivity contribution in [2.24, 2.45) is 0 Å². The summed E-state index contributed by atoms with van der Waals surface area (Å²) in [5.41, 5.74) is 0. The van der Waals surface area contributed by atoms with Gasteiger partial charge in [0.05, 0.1) is 5.76 Å². The molecule has 70 valence electrons. The van der Waals surface area contributed by atoms with Gasteiger partial charge < -0.3 is 5.11 Å². The molecule has 1 N–H and O–H groups in total. The molecule has 0 aliphatic carbocycles. The van der Waals surface area contributed by atoms with E-state index < -0.39 is 0 Å². The molecule has 0 saturated heterocycles. The van der Waals surface area contributed by atoms with Gasteiger partial charge in [-0.2, -0.15) is 0 Å². The third-order valence-electron chi connectivity index (χ3n) is 1.82. The van der Waals surface area contributed by atoms with Crippen LogP contribution in [0.1, 0.15) is 45.4 Å². The van der Waals surface area contributed by atoms with E-state index in [2.05, 4.69) is 25.7 Å². The number of rotatable bonds is 7. The fourth-order valence-electron chi connectivity index (χ4n) is 1.11. The molecule has 0 aromatic heterocycles. The summed E-state index contributed by atoms with van der Waals surface area (Å²) in [6.07, 6.45) is 11.1. The monoisotopic (exact) mass is 168 g/mol. The van der Waals surface area contributed by atoms with Crippen molar-refractivity contribution in [3.05, 3.63) is 24.5 Å². The molecule has 0 aromatic rings. The van der Waals surface area contributed by atoms with Gasteiger partial charge in [0, 0.05) is 6.42 Å². The van der Waals surface area contributed by atoms with Crippen LogP contribution in [-0.2, 0) is 0 Å². The third kappa shape index (κ3) is 9.28. The van der Waals surface area contributed by atoms with Crippen LogP contribution in [0, 0.1) is 0 Å². The highest BCUT2D eigenvalue weighted by atomic mass is 16.3. The first-order valence-corrected chi connectivity index (χ1v) is 4.75. The topological polar surface area (TPSA) is 20.2 Å². The van der Waals surface area contributed by atoms with E-state index in [1.54, 1.807) is 0 Å². The van der Waals surface area contributed by atoms with E-state index in [9.17, 15) is 0 Å². The molecular weight excluding hydrogens is 148 g/mol. The highest BCUT2D eigenvalue weighted by molar-refractivity contribution is 4.78. The van der Waals surface area contributed by atoms with Gasteiger partial charge in [0.2, 0.25) is 0 Å². The number of aliphatic hydroxyl groups excluding tert-OH is 1. The van der Waals surface area contributed by atoms with E-state index in [0.29, 0.717) is 5.76 Å². The average molecular weight is 168 g/mol. The highest BCUT2D eigenvalue weighted by Gasteiger charge is 1.90. The van der Waals surface area contributed by atoms with Crippen molar-refractivity contribution in [1.29, 1.82) is 0 Å². The van der Waals surface area contributed by atoms with Gasteiger partial charge in [0.15, 0.2) is 0 Å². The minimum absolute atomic E-state index is 0.323. The third-order valence-corrected chi connectivity index (χ3v) is 1.82. The van der Waals surface area contributed by atoms with Gasteiger partial charge in [0.25, 0.3) is 0 Å². The van der Waals surface area contributed by atoms with Crippen molar-refractivity contribution < 1.29 is 5.11 Å². The quantitative estimate of drug-likeness (QED) is 0.346. The van der Waals surface area contributed by atoms with Crippen LogP contribution in [0.3, 0.4) is 0 Å². The van der Waals surface area contributed by atoms with Crippen molar-refractivity contribution in [2.45, 2.75) is 45.4 Å². The largest absolute Gasteiger partial charge is 0.513 e. The van der Waals surface area contributed by atoms with Gasteiger partial charge >= 0.3 is 0 Å². The standard InChI is InChI=1S/C11H20O/c1-3-4-5-6-7-8-9-10-11(2)12/h3-4,12H,2,5-10H2,1H3. The van der Waals surface area contributed by atoms with Gasteiger partial charge in [-0.3, -0.25) is 0 Å². The molecule has 0 amide bonds. The lowest BCUT2D eigenvalue weighted by molar-refractivity contribution is 0.383. The highest BCUT2D eigenvalue weighted by Crippen LogP contribution is 2.08. The summed E-state index contributed by atoms with van der Waals surface area (Å²) in [4.78, 5) is 0. The first-order valence-electron chi connectivity index (χ1n) is 4.75. The number of aliphatic hydroxyl groups is 1. The lowest BCUT2D eigenvalue weighted by Crippen LogP contribution is -1.81. The fourth-order valence-corrected chi connectivity index (χ4v) is 1.11. The Morgan fingerprint density at radius 1 is 1.25 bits per heavy atom. The Morgan fingerprint density at radius 3 is 2.50 bits per heavy atom. The predicted molar refractivity (Wildman–Crippen MR) is 54.3 cm³/mol. The summed E-state index contributed by atoms with van der Waals surface area (Å²) < 4.78 is 0. The molecule has 0 spiro atoms. The average Bonchev–Trinajstić information content (AvgIpc) is 2.02. The van der Waals surface area contributed by atoms with Crippen LogP contribution in [-0.4, -0.2) is 5.11 Å². The van der Waals surface area contributed by atoms with E-state index >= 15 is 0 Å². The first-order chi connectivity index (χ1) is 5.77. The zero-order chi connectivity index (χ0) is 9.23. The molecule has 0 rings (SSSR count). The molecule has 0 bridgehead atoms. The minimum Gasteiger partial charge on any atom is -0.513 e. The Labute approximate surface area is 75.8 Å². The SMILES string of the molecule is C=C(O)CCCCCCC=CC. The molecule has 0 atom stereocenters. The Kier molecular flexibility index (Phi) is 7.87. The molecule has 0 aliphatic heterocycles. The second-order valence-corrected chi connectivity index (χ2v) is 3.09. The Bertz CT molecular complexity index is 136. The van der Waals surface area contributed by atoms with Gasteiger partial charge in [-0.05, 0) is 26.2 Å². The van der Waals surface area contributed by atoms with Crippen molar-refractivity contribution in [3.63, 3.8) is 0 Å². The normalized spacial score (nSPS) is 10.8. The molecule has 0 saturated carbocycles. The van der Waals surface area contributed by atoms with E-state index in [1.165, 1.54) is 25.7 Å². The smallest absolute Gasteiger partial charge is 0.0851 e. The van der Waals surface area contributed by atoms with E-state index in [1.807, 2.05) is 0 Å². The van der Waals surface area contributed by atoms with Gasteiger partial charge in [-0.15, -0.1) is 0 Å². The molecule has 0 heterocycles. The summed E-state index contributed by atoms with van der Waals surface area (Å²) in [5, 5.41) is 8.79. The van der Waals surface area contributed by atoms with E-state index in [4.69, 9.17) is 5.11 Å². The van der Waals surface area contributed by atoms with Gasteiger partial charge in [0.1, 0.15) is 0 Å². The Balaban J connectivity index is 2.96. The first kappa shape index (κ1) is 11.3. The maximum Gasteiger partial charge on any atom is 0.0851 e. The molecule has 1 heteroatoms. The lowest BCUT2D eigenvalue weighted by atomic mass is 10.1. The Hall–Kier alpha value is -0.720. The molecule has 1 nitrogen and oxygen atoms in total. The zero-order valence-electron chi connectivity index (χ0n) is 8.05. The molecule has 12 heavy (non-hydrogen) atoms. The zero-order valence-corrected chi connectivity index (χ0v) is 8.05. The van der Waals surface area contributed by atoms with Crippen LogP contribution in [0.5, 0.6) is 0 Å². The van der Waals surface area contributed by atoms with Crippen molar-refractivity contribution >= 4 is 0 Å². The molecule has 0 radical (unpaired) electrons. The maximum atomic E-state index is 8.79. The van der Waals surface area contributed by atoms with Gasteiger partial charge in [-0.25, -0.2) is 0 Å². The van der Waals surface area contributed by atoms with Crippen LogP contribution in [0.4, 0.5) is 0 Å². The summed E-state index contributed by atoms with van der Waals surface area (Å²) in [6.45, 7) is 5.50. The molecular formula is C11H20O. The minimum atomic E-state index is 0.323. The molecule has 0 aliphatic rings.